The molecule has 3 aromatic rings. The van der Waals surface area contributed by atoms with Crippen molar-refractivity contribution in [1.29, 1.82) is 0 Å². The summed E-state index contributed by atoms with van der Waals surface area (Å²) in [7, 11) is 0. The van der Waals surface area contributed by atoms with Crippen LogP contribution in [0.3, 0.4) is 0 Å². The van der Waals surface area contributed by atoms with E-state index in [0.717, 1.165) is 16.6 Å². The van der Waals surface area contributed by atoms with Crippen LogP contribution in [0.25, 0.3) is 10.9 Å². The number of fused-ring (bicyclic) bond motifs is 1. The molecule has 0 saturated carbocycles. The fourth-order valence-corrected chi connectivity index (χ4v) is 1.90. The van der Waals surface area contributed by atoms with Crippen LogP contribution in [0.1, 0.15) is 16.1 Å². The van der Waals surface area contributed by atoms with Crippen LogP contribution in [-0.2, 0) is 6.54 Å². The van der Waals surface area contributed by atoms with Crippen LogP contribution >= 0.6 is 0 Å². The molecule has 20 heavy (non-hydrogen) atoms. The van der Waals surface area contributed by atoms with Crippen LogP contribution in [0.5, 0.6) is 0 Å². The number of pyridine rings is 1. The van der Waals surface area contributed by atoms with Crippen LogP contribution in [0, 0.1) is 0 Å². The Labute approximate surface area is 115 Å². The third kappa shape index (κ3) is 2.61. The summed E-state index contributed by atoms with van der Waals surface area (Å²) in [5.74, 6) is -0.185. The van der Waals surface area contributed by atoms with Gasteiger partial charge in [0, 0.05) is 5.39 Å². The standard InChI is InChI=1S/C15H12N4O/c20-15(12-7-8-17-18-9-12)16-10-13-6-5-11-3-1-2-4-14(11)19-13/h1-9H,10H2,(H,16,20). The van der Waals surface area contributed by atoms with Gasteiger partial charge in [-0.2, -0.15) is 10.2 Å². The maximum atomic E-state index is 11.9. The van der Waals surface area contributed by atoms with Gasteiger partial charge in [0.05, 0.1) is 35.7 Å². The fourth-order valence-electron chi connectivity index (χ4n) is 1.90. The lowest BCUT2D eigenvalue weighted by molar-refractivity contribution is 0.0950. The molecular formula is C15H12N4O. The zero-order valence-electron chi connectivity index (χ0n) is 10.7. The van der Waals surface area contributed by atoms with Crippen molar-refractivity contribution in [3.05, 3.63) is 66.1 Å². The fraction of sp³-hybridized carbons (Fsp3) is 0.0667. The highest BCUT2D eigenvalue weighted by atomic mass is 16.1. The Balaban J connectivity index is 1.72. The number of amides is 1. The van der Waals surface area contributed by atoms with Gasteiger partial charge in [0.15, 0.2) is 0 Å². The Morgan fingerprint density at radius 1 is 1.05 bits per heavy atom. The van der Waals surface area contributed by atoms with Crippen molar-refractivity contribution in [1.82, 2.24) is 20.5 Å². The molecule has 1 N–H and O–H groups in total. The van der Waals surface area contributed by atoms with Crippen LogP contribution in [0.2, 0.25) is 0 Å². The summed E-state index contributed by atoms with van der Waals surface area (Å²) in [6, 6.07) is 13.4. The van der Waals surface area contributed by atoms with Gasteiger partial charge in [-0.15, -0.1) is 0 Å². The molecule has 0 aliphatic heterocycles. The van der Waals surface area contributed by atoms with Crippen molar-refractivity contribution < 1.29 is 4.79 Å². The van der Waals surface area contributed by atoms with E-state index in [2.05, 4.69) is 20.5 Å². The summed E-state index contributed by atoms with van der Waals surface area (Å²) in [4.78, 5) is 16.4. The van der Waals surface area contributed by atoms with Crippen molar-refractivity contribution in [2.75, 3.05) is 0 Å². The Morgan fingerprint density at radius 2 is 1.95 bits per heavy atom. The van der Waals surface area contributed by atoms with Gasteiger partial charge in [-0.05, 0) is 18.2 Å². The predicted octanol–water partition coefficient (Wildman–Crippen LogP) is 1.95. The molecule has 3 rings (SSSR count). The van der Waals surface area contributed by atoms with Crippen LogP contribution in [0.15, 0.2) is 54.9 Å². The first-order chi connectivity index (χ1) is 9.83. The molecule has 2 heterocycles. The van der Waals surface area contributed by atoms with Gasteiger partial charge in [0.25, 0.3) is 5.91 Å². The molecule has 5 heteroatoms. The first-order valence-electron chi connectivity index (χ1n) is 6.22. The predicted molar refractivity (Wildman–Crippen MR) is 74.9 cm³/mol. The molecule has 0 aliphatic carbocycles. The lowest BCUT2D eigenvalue weighted by Crippen LogP contribution is -2.23. The SMILES string of the molecule is O=C(NCc1ccc2ccccc2n1)c1ccnnc1. The van der Waals surface area contributed by atoms with Gasteiger partial charge < -0.3 is 5.32 Å². The average Bonchev–Trinajstić information content (AvgIpc) is 2.53. The molecular weight excluding hydrogens is 252 g/mol. The number of hydrogen-bond donors (Lipinski definition) is 1. The molecule has 2 aromatic heterocycles. The second kappa shape index (κ2) is 5.44. The highest BCUT2D eigenvalue weighted by molar-refractivity contribution is 5.93. The smallest absolute Gasteiger partial charge is 0.253 e. The van der Waals surface area contributed by atoms with E-state index in [1.165, 1.54) is 12.4 Å². The highest BCUT2D eigenvalue weighted by Crippen LogP contribution is 2.11. The zero-order chi connectivity index (χ0) is 13.8. The molecule has 0 bridgehead atoms. The number of aromatic nitrogens is 3. The van der Waals surface area contributed by atoms with E-state index in [1.807, 2.05) is 36.4 Å². The topological polar surface area (TPSA) is 67.8 Å². The molecule has 0 radical (unpaired) electrons. The zero-order valence-corrected chi connectivity index (χ0v) is 10.7. The highest BCUT2D eigenvalue weighted by Gasteiger charge is 2.05. The summed E-state index contributed by atoms with van der Waals surface area (Å²) >= 11 is 0. The van der Waals surface area contributed by atoms with Gasteiger partial charge in [-0.25, -0.2) is 0 Å². The molecule has 5 nitrogen and oxygen atoms in total. The Bertz CT molecular complexity index is 743. The van der Waals surface area contributed by atoms with E-state index in [-0.39, 0.29) is 5.91 Å². The monoisotopic (exact) mass is 264 g/mol. The first kappa shape index (κ1) is 12.2. The van der Waals surface area contributed by atoms with E-state index >= 15 is 0 Å². The number of rotatable bonds is 3. The Hall–Kier alpha value is -2.82. The number of benzene rings is 1. The van der Waals surface area contributed by atoms with Gasteiger partial charge in [0.2, 0.25) is 0 Å². The Kier molecular flexibility index (Phi) is 3.33. The normalized spacial score (nSPS) is 10.4. The number of para-hydroxylation sites is 1. The summed E-state index contributed by atoms with van der Waals surface area (Å²) in [5.41, 5.74) is 2.23. The molecule has 0 fully saturated rings. The minimum absolute atomic E-state index is 0.185. The summed E-state index contributed by atoms with van der Waals surface area (Å²) in [6.45, 7) is 0.381. The minimum atomic E-state index is -0.185. The van der Waals surface area contributed by atoms with Crippen molar-refractivity contribution in [3.8, 4) is 0 Å². The molecule has 0 atom stereocenters. The number of nitrogens with one attached hydrogen (secondary N) is 1. The second-order valence-electron chi connectivity index (χ2n) is 4.31. The summed E-state index contributed by atoms with van der Waals surface area (Å²) in [6.07, 6.45) is 2.92. The molecule has 0 aliphatic rings. The Morgan fingerprint density at radius 3 is 2.80 bits per heavy atom. The lowest BCUT2D eigenvalue weighted by Gasteiger charge is -2.05. The molecule has 0 spiro atoms. The molecule has 1 amide bonds. The minimum Gasteiger partial charge on any atom is -0.346 e. The van der Waals surface area contributed by atoms with E-state index in [0.29, 0.717) is 12.1 Å². The molecule has 1 aromatic carbocycles. The molecule has 0 saturated heterocycles. The average molecular weight is 264 g/mol. The van der Waals surface area contributed by atoms with E-state index < -0.39 is 0 Å². The van der Waals surface area contributed by atoms with Crippen molar-refractivity contribution in [2.24, 2.45) is 0 Å². The third-order valence-electron chi connectivity index (χ3n) is 2.93. The van der Waals surface area contributed by atoms with Gasteiger partial charge in [-0.1, -0.05) is 24.3 Å². The van der Waals surface area contributed by atoms with Crippen LogP contribution in [-0.4, -0.2) is 21.1 Å². The number of hydrogen-bond acceptors (Lipinski definition) is 4. The number of carbonyl (C=O) groups excluding carboxylic acids is 1. The third-order valence-corrected chi connectivity index (χ3v) is 2.93. The van der Waals surface area contributed by atoms with E-state index in [4.69, 9.17) is 0 Å². The van der Waals surface area contributed by atoms with Gasteiger partial charge >= 0.3 is 0 Å². The van der Waals surface area contributed by atoms with Crippen molar-refractivity contribution in [3.63, 3.8) is 0 Å². The van der Waals surface area contributed by atoms with Crippen molar-refractivity contribution in [2.45, 2.75) is 6.54 Å². The molecule has 98 valence electrons. The lowest BCUT2D eigenvalue weighted by atomic mass is 10.2. The number of nitrogens with zero attached hydrogens (tertiary/aromatic N) is 3. The van der Waals surface area contributed by atoms with Gasteiger partial charge in [-0.3, -0.25) is 9.78 Å². The summed E-state index contributed by atoms with van der Waals surface area (Å²) in [5, 5.41) is 11.2. The van der Waals surface area contributed by atoms with E-state index in [1.54, 1.807) is 6.07 Å². The number of carbonyl (C=O) groups is 1. The van der Waals surface area contributed by atoms with Crippen LogP contribution < -0.4 is 5.32 Å². The summed E-state index contributed by atoms with van der Waals surface area (Å²) < 4.78 is 0. The quantitative estimate of drug-likeness (QED) is 0.785. The van der Waals surface area contributed by atoms with Gasteiger partial charge in [0.1, 0.15) is 0 Å². The van der Waals surface area contributed by atoms with Crippen molar-refractivity contribution >= 4 is 16.8 Å². The second-order valence-corrected chi connectivity index (χ2v) is 4.31. The van der Waals surface area contributed by atoms with E-state index in [9.17, 15) is 4.79 Å². The van der Waals surface area contributed by atoms with Crippen LogP contribution in [0.4, 0.5) is 0 Å². The molecule has 0 unspecified atom stereocenters. The first-order valence-corrected chi connectivity index (χ1v) is 6.22. The largest absolute Gasteiger partial charge is 0.346 e. The maximum absolute atomic E-state index is 11.9. The maximum Gasteiger partial charge on any atom is 0.253 e.